The molecule has 1 aromatic heterocycles. The number of aliphatic carboxylic acids is 1. The van der Waals surface area contributed by atoms with E-state index in [1.807, 2.05) is 12.2 Å². The summed E-state index contributed by atoms with van der Waals surface area (Å²) in [5.41, 5.74) is 0.761. The number of fused-ring (bicyclic) bond motifs is 3. The molecule has 0 aliphatic heterocycles. The number of aromatic nitrogens is 1. The molecule has 4 unspecified atom stereocenters. The molecule has 4 rings (SSSR count). The zero-order valence-electron chi connectivity index (χ0n) is 11.9. The minimum atomic E-state index is -0.905. The van der Waals surface area contributed by atoms with E-state index in [9.17, 15) is 14.7 Å². The first kappa shape index (κ1) is 14.7. The van der Waals surface area contributed by atoms with Crippen LogP contribution in [0.2, 0.25) is 5.02 Å². The molecule has 0 spiro atoms. The number of carbonyl (C=O) groups excluding carboxylic acids is 1. The number of carboxylic acids is 1. The van der Waals surface area contributed by atoms with Crippen LogP contribution in [0.1, 0.15) is 6.42 Å². The Kier molecular flexibility index (Phi) is 3.39. The molecule has 1 saturated carbocycles. The van der Waals surface area contributed by atoms with E-state index in [1.165, 1.54) is 11.3 Å². The van der Waals surface area contributed by atoms with Crippen LogP contribution in [0.5, 0.6) is 0 Å². The molecule has 7 heteroatoms. The lowest BCUT2D eigenvalue weighted by Gasteiger charge is -2.23. The van der Waals surface area contributed by atoms with Gasteiger partial charge >= 0.3 is 5.97 Å². The van der Waals surface area contributed by atoms with Gasteiger partial charge in [0.1, 0.15) is 0 Å². The van der Waals surface area contributed by atoms with Crippen molar-refractivity contribution in [2.45, 2.75) is 6.42 Å². The Bertz CT molecular complexity index is 847. The summed E-state index contributed by atoms with van der Waals surface area (Å²) in [4.78, 5) is 28.5. The molecule has 2 bridgehead atoms. The monoisotopic (exact) mass is 348 g/mol. The number of allylic oxidation sites excluding steroid dienone is 2. The zero-order chi connectivity index (χ0) is 16.1. The molecule has 2 aliphatic carbocycles. The fourth-order valence-corrected chi connectivity index (χ4v) is 4.80. The summed E-state index contributed by atoms with van der Waals surface area (Å²) >= 11 is 7.29. The summed E-state index contributed by atoms with van der Waals surface area (Å²) in [6.45, 7) is 0. The van der Waals surface area contributed by atoms with Crippen LogP contribution in [0.4, 0.5) is 5.13 Å². The molecule has 118 valence electrons. The molecule has 1 aromatic carbocycles. The number of nitrogens with zero attached hydrogens (tertiary/aromatic N) is 1. The van der Waals surface area contributed by atoms with Crippen LogP contribution in [0, 0.1) is 23.7 Å². The summed E-state index contributed by atoms with van der Waals surface area (Å²) in [6, 6.07) is 5.34. The average molecular weight is 349 g/mol. The fraction of sp³-hybridized carbons (Fsp3) is 0.312. The number of nitrogens with one attached hydrogen (secondary N) is 1. The largest absolute Gasteiger partial charge is 0.481 e. The van der Waals surface area contributed by atoms with Crippen LogP contribution < -0.4 is 5.32 Å². The highest BCUT2D eigenvalue weighted by Gasteiger charge is 2.51. The van der Waals surface area contributed by atoms with E-state index in [0.29, 0.717) is 10.2 Å². The van der Waals surface area contributed by atoms with Gasteiger partial charge in [0.2, 0.25) is 5.91 Å². The molecular formula is C16H13ClN2O3S. The second-order valence-electron chi connectivity index (χ2n) is 5.96. The molecule has 1 heterocycles. The average Bonchev–Trinajstić information content (AvgIpc) is 3.18. The van der Waals surface area contributed by atoms with Crippen molar-refractivity contribution in [3.05, 3.63) is 35.4 Å². The SMILES string of the molecule is O=C(O)C1C2C=CC(C2)C1C(=O)Nc1nc2ccc(Cl)cc2s1. The normalized spacial score (nSPS) is 28.4. The Labute approximate surface area is 141 Å². The van der Waals surface area contributed by atoms with Gasteiger partial charge in [0, 0.05) is 5.02 Å². The van der Waals surface area contributed by atoms with Gasteiger partial charge in [-0.3, -0.25) is 9.59 Å². The van der Waals surface area contributed by atoms with E-state index in [1.54, 1.807) is 18.2 Å². The van der Waals surface area contributed by atoms with Crippen LogP contribution in [-0.2, 0) is 9.59 Å². The van der Waals surface area contributed by atoms with Crippen molar-refractivity contribution < 1.29 is 14.7 Å². The predicted molar refractivity (Wildman–Crippen MR) is 88.6 cm³/mol. The van der Waals surface area contributed by atoms with Gasteiger partial charge in [0.05, 0.1) is 22.1 Å². The first-order valence-electron chi connectivity index (χ1n) is 7.31. The van der Waals surface area contributed by atoms with Gasteiger partial charge in [0.25, 0.3) is 0 Å². The quantitative estimate of drug-likeness (QED) is 0.833. The molecule has 2 N–H and O–H groups in total. The van der Waals surface area contributed by atoms with E-state index in [4.69, 9.17) is 11.6 Å². The number of carbonyl (C=O) groups is 2. The third-order valence-electron chi connectivity index (χ3n) is 4.63. The Hall–Kier alpha value is -1.92. The minimum Gasteiger partial charge on any atom is -0.481 e. The number of amides is 1. The smallest absolute Gasteiger partial charge is 0.307 e. The number of carboxylic acid groups (broad SMARTS) is 1. The summed E-state index contributed by atoms with van der Waals surface area (Å²) in [5, 5.41) is 13.3. The van der Waals surface area contributed by atoms with Crippen molar-refractivity contribution >= 4 is 50.2 Å². The Balaban J connectivity index is 1.59. The van der Waals surface area contributed by atoms with E-state index >= 15 is 0 Å². The lowest BCUT2D eigenvalue weighted by atomic mass is 9.82. The van der Waals surface area contributed by atoms with Crippen molar-refractivity contribution in [3.8, 4) is 0 Å². The molecule has 1 amide bonds. The Morgan fingerprint density at radius 3 is 2.74 bits per heavy atom. The highest BCUT2D eigenvalue weighted by molar-refractivity contribution is 7.22. The maximum atomic E-state index is 12.6. The molecule has 2 aromatic rings. The molecule has 4 atom stereocenters. The van der Waals surface area contributed by atoms with Gasteiger partial charge in [-0.15, -0.1) is 0 Å². The van der Waals surface area contributed by atoms with Crippen LogP contribution in [-0.4, -0.2) is 22.0 Å². The van der Waals surface area contributed by atoms with Crippen molar-refractivity contribution in [3.63, 3.8) is 0 Å². The van der Waals surface area contributed by atoms with Crippen molar-refractivity contribution in [2.24, 2.45) is 23.7 Å². The summed E-state index contributed by atoms with van der Waals surface area (Å²) in [6.07, 6.45) is 4.63. The van der Waals surface area contributed by atoms with Crippen LogP contribution >= 0.6 is 22.9 Å². The summed E-state index contributed by atoms with van der Waals surface area (Å²) < 4.78 is 0.885. The number of halogens is 1. The number of thiazole rings is 1. The van der Waals surface area contributed by atoms with Crippen molar-refractivity contribution in [1.29, 1.82) is 0 Å². The molecular weight excluding hydrogens is 336 g/mol. The lowest BCUT2D eigenvalue weighted by Crippen LogP contribution is -2.36. The van der Waals surface area contributed by atoms with E-state index in [0.717, 1.165) is 16.6 Å². The third-order valence-corrected chi connectivity index (χ3v) is 5.80. The number of hydrogen-bond donors (Lipinski definition) is 2. The predicted octanol–water partition coefficient (Wildman–Crippen LogP) is 3.41. The van der Waals surface area contributed by atoms with Crippen LogP contribution in [0.25, 0.3) is 10.2 Å². The van der Waals surface area contributed by atoms with Gasteiger partial charge in [0.15, 0.2) is 5.13 Å². The highest BCUT2D eigenvalue weighted by atomic mass is 35.5. The number of hydrogen-bond acceptors (Lipinski definition) is 4. The first-order valence-corrected chi connectivity index (χ1v) is 8.50. The molecule has 1 fully saturated rings. The Morgan fingerprint density at radius 2 is 2.00 bits per heavy atom. The summed E-state index contributed by atoms with van der Waals surface area (Å²) in [5.74, 6) is -2.38. The van der Waals surface area contributed by atoms with E-state index in [2.05, 4.69) is 10.3 Å². The van der Waals surface area contributed by atoms with Crippen molar-refractivity contribution in [2.75, 3.05) is 5.32 Å². The highest BCUT2D eigenvalue weighted by Crippen LogP contribution is 2.48. The minimum absolute atomic E-state index is 0.00456. The molecule has 0 radical (unpaired) electrons. The maximum Gasteiger partial charge on any atom is 0.307 e. The van der Waals surface area contributed by atoms with Crippen molar-refractivity contribution in [1.82, 2.24) is 4.98 Å². The number of rotatable bonds is 3. The molecule has 5 nitrogen and oxygen atoms in total. The summed E-state index contributed by atoms with van der Waals surface area (Å²) in [7, 11) is 0. The topological polar surface area (TPSA) is 79.3 Å². The van der Waals surface area contributed by atoms with Crippen LogP contribution in [0.15, 0.2) is 30.4 Å². The van der Waals surface area contributed by atoms with Gasteiger partial charge < -0.3 is 10.4 Å². The van der Waals surface area contributed by atoms with Gasteiger partial charge in [-0.1, -0.05) is 35.1 Å². The number of benzene rings is 1. The van der Waals surface area contributed by atoms with Gasteiger partial charge in [-0.2, -0.15) is 0 Å². The first-order chi connectivity index (χ1) is 11.0. The van der Waals surface area contributed by atoms with Crippen LogP contribution in [0.3, 0.4) is 0 Å². The second-order valence-corrected chi connectivity index (χ2v) is 7.43. The number of anilines is 1. The Morgan fingerprint density at radius 1 is 1.26 bits per heavy atom. The lowest BCUT2D eigenvalue weighted by molar-refractivity contribution is -0.146. The maximum absolute atomic E-state index is 12.6. The molecule has 2 aliphatic rings. The van der Waals surface area contributed by atoms with Gasteiger partial charge in [-0.25, -0.2) is 4.98 Å². The van der Waals surface area contributed by atoms with E-state index < -0.39 is 17.8 Å². The third kappa shape index (κ3) is 2.42. The second kappa shape index (κ2) is 5.32. The van der Waals surface area contributed by atoms with E-state index in [-0.39, 0.29) is 17.7 Å². The fourth-order valence-electron chi connectivity index (χ4n) is 3.66. The molecule has 23 heavy (non-hydrogen) atoms. The van der Waals surface area contributed by atoms with Gasteiger partial charge in [-0.05, 0) is 36.5 Å². The molecule has 0 saturated heterocycles. The zero-order valence-corrected chi connectivity index (χ0v) is 13.5. The standard InChI is InChI=1S/C16H13ClN2O3S/c17-9-3-4-10-11(6-9)23-16(18-10)19-14(20)12-7-1-2-8(5-7)13(12)15(21)22/h1-4,6-8,12-13H,5H2,(H,21,22)(H,18,19,20).